The second-order valence-corrected chi connectivity index (χ2v) is 10.5. The van der Waals surface area contributed by atoms with E-state index >= 15 is 0 Å². The first-order valence-corrected chi connectivity index (χ1v) is 11.6. The van der Waals surface area contributed by atoms with Crippen molar-refractivity contribution in [2.45, 2.75) is 24.0 Å². The number of amides is 1. The van der Waals surface area contributed by atoms with Crippen LogP contribution in [0.15, 0.2) is 46.8 Å². The normalized spacial score (nSPS) is 16.0. The lowest BCUT2D eigenvalue weighted by atomic mass is 10.1. The number of nitrogens with zero attached hydrogens (tertiary/aromatic N) is 2. The molecule has 0 aliphatic carbocycles. The molecule has 0 atom stereocenters. The molecule has 148 valence electrons. The Morgan fingerprint density at radius 2 is 1.86 bits per heavy atom. The van der Waals surface area contributed by atoms with Crippen molar-refractivity contribution >= 4 is 38.2 Å². The maximum atomic E-state index is 12.7. The van der Waals surface area contributed by atoms with Gasteiger partial charge in [0.15, 0.2) is 0 Å². The fourth-order valence-electron chi connectivity index (χ4n) is 3.59. The first-order valence-electron chi connectivity index (χ1n) is 9.34. The van der Waals surface area contributed by atoms with E-state index in [1.54, 1.807) is 11.0 Å². The zero-order valence-electron chi connectivity index (χ0n) is 15.7. The van der Waals surface area contributed by atoms with E-state index in [1.165, 1.54) is 15.6 Å². The van der Waals surface area contributed by atoms with Crippen molar-refractivity contribution in [3.63, 3.8) is 0 Å². The molecule has 1 aliphatic rings. The van der Waals surface area contributed by atoms with Gasteiger partial charge in [-0.05, 0) is 37.1 Å². The zero-order chi connectivity index (χ0) is 19.7. The van der Waals surface area contributed by atoms with Crippen LogP contribution in [0.5, 0.6) is 0 Å². The van der Waals surface area contributed by atoms with Crippen LogP contribution >= 0.6 is 11.3 Å². The van der Waals surface area contributed by atoms with Crippen molar-refractivity contribution < 1.29 is 13.2 Å². The highest BCUT2D eigenvalue weighted by molar-refractivity contribution is 7.91. The smallest absolute Gasteiger partial charge is 0.252 e. The molecule has 0 radical (unpaired) electrons. The number of rotatable bonds is 5. The summed E-state index contributed by atoms with van der Waals surface area (Å²) in [6.07, 6.45) is 3.07. The Bertz CT molecular complexity index is 1090. The molecule has 8 heteroatoms. The molecule has 0 spiro atoms. The lowest BCUT2D eigenvalue weighted by Gasteiger charge is -2.33. The highest BCUT2D eigenvalue weighted by Gasteiger charge is 2.30. The van der Waals surface area contributed by atoms with Crippen molar-refractivity contribution in [3.8, 4) is 0 Å². The van der Waals surface area contributed by atoms with Crippen LogP contribution in [-0.4, -0.2) is 54.7 Å². The summed E-state index contributed by atoms with van der Waals surface area (Å²) in [6.45, 7) is 3.47. The number of sulfonamides is 1. The summed E-state index contributed by atoms with van der Waals surface area (Å²) in [4.78, 5) is 18.6. The molecule has 6 nitrogen and oxygen atoms in total. The second kappa shape index (κ2) is 7.69. The Kier molecular flexibility index (Phi) is 5.27. The van der Waals surface area contributed by atoms with E-state index in [-0.39, 0.29) is 5.91 Å². The molecular formula is C20H23N3O3S2. The number of aromatic amines is 1. The fourth-order valence-corrected chi connectivity index (χ4v) is 6.45. The third kappa shape index (κ3) is 3.72. The van der Waals surface area contributed by atoms with E-state index in [0.717, 1.165) is 21.3 Å². The summed E-state index contributed by atoms with van der Waals surface area (Å²) in [6, 6.07) is 11.5. The van der Waals surface area contributed by atoms with Crippen LogP contribution in [0, 0.1) is 6.92 Å². The van der Waals surface area contributed by atoms with E-state index in [1.807, 2.05) is 37.4 Å². The number of piperazine rings is 1. The minimum atomic E-state index is -3.45. The van der Waals surface area contributed by atoms with Gasteiger partial charge in [-0.1, -0.05) is 18.2 Å². The highest BCUT2D eigenvalue weighted by Crippen LogP contribution is 2.25. The van der Waals surface area contributed by atoms with Crippen molar-refractivity contribution in [1.82, 2.24) is 14.2 Å². The average molecular weight is 418 g/mol. The Morgan fingerprint density at radius 3 is 2.57 bits per heavy atom. The Morgan fingerprint density at radius 1 is 1.11 bits per heavy atom. The number of benzene rings is 1. The number of thiophene rings is 1. The molecule has 1 aromatic carbocycles. The minimum Gasteiger partial charge on any atom is -0.361 e. The predicted molar refractivity (Wildman–Crippen MR) is 111 cm³/mol. The lowest BCUT2D eigenvalue weighted by molar-refractivity contribution is -0.132. The van der Waals surface area contributed by atoms with Crippen molar-refractivity contribution in [2.75, 3.05) is 26.2 Å². The number of carbonyl (C=O) groups is 1. The predicted octanol–water partition coefficient (Wildman–Crippen LogP) is 3.00. The number of carbonyl (C=O) groups excluding carboxylic acids is 1. The van der Waals surface area contributed by atoms with Gasteiger partial charge in [0.05, 0.1) is 0 Å². The van der Waals surface area contributed by atoms with Gasteiger partial charge < -0.3 is 9.88 Å². The maximum Gasteiger partial charge on any atom is 0.252 e. The monoisotopic (exact) mass is 417 g/mol. The first-order chi connectivity index (χ1) is 13.4. The van der Waals surface area contributed by atoms with Gasteiger partial charge in [-0.15, -0.1) is 11.3 Å². The van der Waals surface area contributed by atoms with Gasteiger partial charge in [0.2, 0.25) is 5.91 Å². The van der Waals surface area contributed by atoms with Gasteiger partial charge in [0, 0.05) is 54.6 Å². The molecule has 3 aromatic rings. The second-order valence-electron chi connectivity index (χ2n) is 7.01. The number of fused-ring (bicyclic) bond motifs is 1. The van der Waals surface area contributed by atoms with Crippen LogP contribution in [0.4, 0.5) is 0 Å². The summed E-state index contributed by atoms with van der Waals surface area (Å²) in [5.74, 6) is 0.0781. The van der Waals surface area contributed by atoms with Crippen molar-refractivity contribution in [3.05, 3.63) is 53.0 Å². The zero-order valence-corrected chi connectivity index (χ0v) is 17.4. The molecule has 1 saturated heterocycles. The molecule has 2 aromatic heterocycles. The largest absolute Gasteiger partial charge is 0.361 e. The minimum absolute atomic E-state index is 0.0781. The Hall–Kier alpha value is -2.16. The Labute approximate surface area is 168 Å². The standard InChI is InChI=1S/C20H23N3O3S2/c1-15-6-9-20(27-15)28(25,26)23-12-10-22(11-13-23)19(24)8-7-16-14-21-18-5-3-2-4-17(16)18/h2-6,9,14,21H,7-8,10-13H2,1H3. The summed E-state index contributed by atoms with van der Waals surface area (Å²) >= 11 is 1.29. The molecule has 1 amide bonds. The quantitative estimate of drug-likeness (QED) is 0.694. The third-order valence-corrected chi connectivity index (χ3v) is 8.55. The van der Waals surface area contributed by atoms with E-state index < -0.39 is 10.0 Å². The van der Waals surface area contributed by atoms with Gasteiger partial charge in [-0.2, -0.15) is 4.31 Å². The summed E-state index contributed by atoms with van der Waals surface area (Å²) in [5, 5.41) is 1.15. The summed E-state index contributed by atoms with van der Waals surface area (Å²) in [7, 11) is -3.45. The molecule has 1 fully saturated rings. The van der Waals surface area contributed by atoms with E-state index in [0.29, 0.717) is 43.2 Å². The van der Waals surface area contributed by atoms with Crippen molar-refractivity contribution in [2.24, 2.45) is 0 Å². The molecule has 3 heterocycles. The van der Waals surface area contributed by atoms with E-state index in [9.17, 15) is 13.2 Å². The van der Waals surface area contributed by atoms with Gasteiger partial charge >= 0.3 is 0 Å². The van der Waals surface area contributed by atoms with Gasteiger partial charge in [-0.3, -0.25) is 4.79 Å². The number of nitrogens with one attached hydrogen (secondary N) is 1. The number of para-hydroxylation sites is 1. The van der Waals surface area contributed by atoms with Crippen LogP contribution in [-0.2, 0) is 21.2 Å². The number of hydrogen-bond acceptors (Lipinski definition) is 4. The number of aryl methyl sites for hydroxylation is 2. The third-order valence-electron chi connectivity index (χ3n) is 5.18. The lowest BCUT2D eigenvalue weighted by Crippen LogP contribution is -2.50. The summed E-state index contributed by atoms with van der Waals surface area (Å²) < 4.78 is 27.3. The molecular weight excluding hydrogens is 394 g/mol. The van der Waals surface area contributed by atoms with Crippen LogP contribution in [0.2, 0.25) is 0 Å². The van der Waals surface area contributed by atoms with Crippen LogP contribution in [0.1, 0.15) is 16.9 Å². The maximum absolute atomic E-state index is 12.7. The topological polar surface area (TPSA) is 73.5 Å². The van der Waals surface area contributed by atoms with Gasteiger partial charge in [0.1, 0.15) is 4.21 Å². The van der Waals surface area contributed by atoms with Crippen LogP contribution in [0.25, 0.3) is 10.9 Å². The fraction of sp³-hybridized carbons (Fsp3) is 0.350. The molecule has 1 N–H and O–H groups in total. The average Bonchev–Trinajstić information content (AvgIpc) is 3.33. The highest BCUT2D eigenvalue weighted by atomic mass is 32.2. The van der Waals surface area contributed by atoms with E-state index in [4.69, 9.17) is 0 Å². The molecule has 1 aliphatic heterocycles. The molecule has 4 rings (SSSR count). The van der Waals surface area contributed by atoms with Crippen molar-refractivity contribution in [1.29, 1.82) is 0 Å². The number of H-pyrrole nitrogens is 1. The molecule has 28 heavy (non-hydrogen) atoms. The summed E-state index contributed by atoms with van der Waals surface area (Å²) in [5.41, 5.74) is 2.21. The number of aromatic nitrogens is 1. The first kappa shape index (κ1) is 19.2. The molecule has 0 bridgehead atoms. The van der Waals surface area contributed by atoms with Crippen LogP contribution in [0.3, 0.4) is 0 Å². The van der Waals surface area contributed by atoms with Gasteiger partial charge in [-0.25, -0.2) is 8.42 Å². The SMILES string of the molecule is Cc1ccc(S(=O)(=O)N2CCN(C(=O)CCc3c[nH]c4ccccc34)CC2)s1. The number of hydrogen-bond donors (Lipinski definition) is 1. The van der Waals surface area contributed by atoms with Crippen LogP contribution < -0.4 is 0 Å². The van der Waals surface area contributed by atoms with Gasteiger partial charge in [0.25, 0.3) is 10.0 Å². The van der Waals surface area contributed by atoms with E-state index in [2.05, 4.69) is 11.1 Å². The molecule has 0 unspecified atom stereocenters. The Balaban J connectivity index is 1.34. The molecule has 0 saturated carbocycles.